The van der Waals surface area contributed by atoms with Crippen molar-refractivity contribution in [1.82, 2.24) is 9.78 Å². The summed E-state index contributed by atoms with van der Waals surface area (Å²) in [5.74, 6) is 2.83. The van der Waals surface area contributed by atoms with Crippen LogP contribution in [-0.2, 0) is 6.54 Å². The second-order valence-corrected chi connectivity index (χ2v) is 3.85. The predicted octanol–water partition coefficient (Wildman–Crippen LogP) is 2.67. The fraction of sp³-hybridized carbons (Fsp3) is 0.214. The van der Waals surface area contributed by atoms with Gasteiger partial charge in [0, 0.05) is 17.7 Å². The van der Waals surface area contributed by atoms with Crippen molar-refractivity contribution in [2.24, 2.45) is 0 Å². The molecule has 2 heteroatoms. The number of terminal acetylenes is 1. The molecule has 80 valence electrons. The Balaban J connectivity index is 2.12. The van der Waals surface area contributed by atoms with Crippen molar-refractivity contribution in [3.63, 3.8) is 0 Å². The van der Waals surface area contributed by atoms with E-state index in [-0.39, 0.29) is 5.92 Å². The summed E-state index contributed by atoms with van der Waals surface area (Å²) in [6, 6.07) is 10.3. The van der Waals surface area contributed by atoms with Gasteiger partial charge in [0.15, 0.2) is 0 Å². The normalized spacial score (nSPS) is 12.0. The maximum absolute atomic E-state index is 5.38. The third-order valence-electron chi connectivity index (χ3n) is 2.59. The molecule has 0 aliphatic carbocycles. The quantitative estimate of drug-likeness (QED) is 0.712. The van der Waals surface area contributed by atoms with Crippen LogP contribution < -0.4 is 0 Å². The Morgan fingerprint density at radius 1 is 1.38 bits per heavy atom. The summed E-state index contributed by atoms with van der Waals surface area (Å²) in [5.41, 5.74) is 2.34. The SMILES string of the molecule is C#CC(C)c1cnn(Cc2ccccc2)c1. The van der Waals surface area contributed by atoms with E-state index in [0.717, 1.165) is 12.1 Å². The van der Waals surface area contributed by atoms with Crippen LogP contribution in [0.2, 0.25) is 0 Å². The molecule has 0 N–H and O–H groups in total. The van der Waals surface area contributed by atoms with Crippen LogP contribution in [0.5, 0.6) is 0 Å². The summed E-state index contributed by atoms with van der Waals surface area (Å²) >= 11 is 0. The van der Waals surface area contributed by atoms with Crippen LogP contribution in [-0.4, -0.2) is 9.78 Å². The van der Waals surface area contributed by atoms with E-state index in [0.29, 0.717) is 0 Å². The molecule has 0 aliphatic heterocycles. The zero-order valence-corrected chi connectivity index (χ0v) is 9.30. The monoisotopic (exact) mass is 210 g/mol. The van der Waals surface area contributed by atoms with Crippen LogP contribution in [0, 0.1) is 12.3 Å². The van der Waals surface area contributed by atoms with Crippen molar-refractivity contribution >= 4 is 0 Å². The average Bonchev–Trinajstić information content (AvgIpc) is 2.78. The summed E-state index contributed by atoms with van der Waals surface area (Å²) < 4.78 is 1.92. The summed E-state index contributed by atoms with van der Waals surface area (Å²) in [7, 11) is 0. The van der Waals surface area contributed by atoms with Crippen molar-refractivity contribution in [3.8, 4) is 12.3 Å². The minimum Gasteiger partial charge on any atom is -0.268 e. The fourth-order valence-electron chi connectivity index (χ4n) is 1.56. The number of rotatable bonds is 3. The number of benzene rings is 1. The molecule has 2 aromatic rings. The molecular formula is C14H14N2. The smallest absolute Gasteiger partial charge is 0.0659 e. The molecule has 1 aromatic carbocycles. The highest BCUT2D eigenvalue weighted by molar-refractivity contribution is 5.21. The Morgan fingerprint density at radius 2 is 2.12 bits per heavy atom. The van der Waals surface area contributed by atoms with Gasteiger partial charge in [0.1, 0.15) is 0 Å². The first-order valence-electron chi connectivity index (χ1n) is 5.32. The van der Waals surface area contributed by atoms with Gasteiger partial charge in [0.2, 0.25) is 0 Å². The highest BCUT2D eigenvalue weighted by Gasteiger charge is 2.04. The van der Waals surface area contributed by atoms with Crippen LogP contribution in [0.15, 0.2) is 42.7 Å². The average molecular weight is 210 g/mol. The third-order valence-corrected chi connectivity index (χ3v) is 2.59. The molecule has 2 nitrogen and oxygen atoms in total. The van der Waals surface area contributed by atoms with Crippen molar-refractivity contribution in [3.05, 3.63) is 53.9 Å². The number of nitrogens with zero attached hydrogens (tertiary/aromatic N) is 2. The van der Waals surface area contributed by atoms with Crippen molar-refractivity contribution in [2.45, 2.75) is 19.4 Å². The second kappa shape index (κ2) is 4.67. The first-order chi connectivity index (χ1) is 7.79. The molecular weight excluding hydrogens is 196 g/mol. The Hall–Kier alpha value is -2.01. The van der Waals surface area contributed by atoms with E-state index in [9.17, 15) is 0 Å². The maximum atomic E-state index is 5.38. The number of aromatic nitrogens is 2. The van der Waals surface area contributed by atoms with E-state index >= 15 is 0 Å². The molecule has 0 spiro atoms. The standard InChI is InChI=1S/C14H14N2/c1-3-12(2)14-9-15-16(11-14)10-13-7-5-4-6-8-13/h1,4-9,11-12H,10H2,2H3. The van der Waals surface area contributed by atoms with E-state index < -0.39 is 0 Å². The lowest BCUT2D eigenvalue weighted by atomic mass is 10.1. The summed E-state index contributed by atoms with van der Waals surface area (Å²) in [6.07, 6.45) is 9.23. The summed E-state index contributed by atoms with van der Waals surface area (Å²) in [5, 5.41) is 4.30. The lowest BCUT2D eigenvalue weighted by molar-refractivity contribution is 0.686. The van der Waals surface area contributed by atoms with Gasteiger partial charge >= 0.3 is 0 Å². The summed E-state index contributed by atoms with van der Waals surface area (Å²) in [6.45, 7) is 2.79. The van der Waals surface area contributed by atoms with Crippen molar-refractivity contribution < 1.29 is 0 Å². The lowest BCUT2D eigenvalue weighted by Gasteiger charge is -2.01. The minimum atomic E-state index is 0.129. The van der Waals surface area contributed by atoms with Gasteiger partial charge in [-0.15, -0.1) is 6.42 Å². The first-order valence-corrected chi connectivity index (χ1v) is 5.32. The van der Waals surface area contributed by atoms with E-state index in [1.807, 2.05) is 42.2 Å². The van der Waals surface area contributed by atoms with Gasteiger partial charge in [-0.25, -0.2) is 0 Å². The van der Waals surface area contributed by atoms with Crippen LogP contribution in [0.25, 0.3) is 0 Å². The van der Waals surface area contributed by atoms with Gasteiger partial charge in [-0.3, -0.25) is 4.68 Å². The van der Waals surface area contributed by atoms with Gasteiger partial charge in [0.05, 0.1) is 12.7 Å². The highest BCUT2D eigenvalue weighted by atomic mass is 15.3. The van der Waals surface area contributed by atoms with E-state index in [1.54, 1.807) is 0 Å². The molecule has 0 saturated carbocycles. The van der Waals surface area contributed by atoms with E-state index in [4.69, 9.17) is 6.42 Å². The van der Waals surface area contributed by atoms with Crippen LogP contribution in [0.1, 0.15) is 24.0 Å². The van der Waals surface area contributed by atoms with Gasteiger partial charge in [-0.1, -0.05) is 36.3 Å². The van der Waals surface area contributed by atoms with Crippen LogP contribution in [0.4, 0.5) is 0 Å². The van der Waals surface area contributed by atoms with Gasteiger partial charge in [0.25, 0.3) is 0 Å². The molecule has 0 fully saturated rings. The lowest BCUT2D eigenvalue weighted by Crippen LogP contribution is -1.99. The van der Waals surface area contributed by atoms with E-state index in [1.165, 1.54) is 5.56 Å². The molecule has 1 atom stereocenters. The van der Waals surface area contributed by atoms with E-state index in [2.05, 4.69) is 23.2 Å². The molecule has 0 bridgehead atoms. The van der Waals surface area contributed by atoms with Crippen molar-refractivity contribution in [1.29, 1.82) is 0 Å². The Labute approximate surface area is 95.9 Å². The molecule has 1 heterocycles. The zero-order valence-electron chi connectivity index (χ0n) is 9.30. The van der Waals surface area contributed by atoms with Gasteiger partial charge in [-0.05, 0) is 12.5 Å². The predicted molar refractivity (Wildman–Crippen MR) is 65.0 cm³/mol. The summed E-state index contributed by atoms with van der Waals surface area (Å²) in [4.78, 5) is 0. The molecule has 0 aliphatic rings. The largest absolute Gasteiger partial charge is 0.268 e. The Morgan fingerprint density at radius 3 is 2.81 bits per heavy atom. The number of hydrogen-bond acceptors (Lipinski definition) is 1. The third kappa shape index (κ3) is 2.32. The maximum Gasteiger partial charge on any atom is 0.0659 e. The topological polar surface area (TPSA) is 17.8 Å². The van der Waals surface area contributed by atoms with Gasteiger partial charge < -0.3 is 0 Å². The minimum absolute atomic E-state index is 0.129. The molecule has 0 saturated heterocycles. The molecule has 16 heavy (non-hydrogen) atoms. The van der Waals surface area contributed by atoms with Crippen LogP contribution in [0.3, 0.4) is 0 Å². The molecule has 2 rings (SSSR count). The molecule has 1 unspecified atom stereocenters. The fourth-order valence-corrected chi connectivity index (χ4v) is 1.56. The Kier molecular flexibility index (Phi) is 3.07. The van der Waals surface area contributed by atoms with Crippen molar-refractivity contribution in [2.75, 3.05) is 0 Å². The molecule has 0 amide bonds. The highest BCUT2D eigenvalue weighted by Crippen LogP contribution is 2.13. The zero-order chi connectivity index (χ0) is 11.4. The molecule has 1 aromatic heterocycles. The van der Waals surface area contributed by atoms with Gasteiger partial charge in [-0.2, -0.15) is 5.10 Å². The number of hydrogen-bond donors (Lipinski definition) is 0. The molecule has 0 radical (unpaired) electrons. The Bertz CT molecular complexity index is 491. The van der Waals surface area contributed by atoms with Crippen LogP contribution >= 0.6 is 0 Å². The first kappa shape index (κ1) is 10.5. The second-order valence-electron chi connectivity index (χ2n) is 3.85.